The second-order valence-electron chi connectivity index (χ2n) is 5.06. The van der Waals surface area contributed by atoms with Crippen molar-refractivity contribution < 1.29 is 4.79 Å². The summed E-state index contributed by atoms with van der Waals surface area (Å²) in [6.45, 7) is 8.30. The number of nitriles is 1. The number of carbonyl (C=O) groups is 1. The fraction of sp³-hybridized carbons (Fsp3) is 0.600. The van der Waals surface area contributed by atoms with Crippen LogP contribution < -0.4 is 0 Å². The maximum atomic E-state index is 12.7. The van der Waals surface area contributed by atoms with E-state index in [0.29, 0.717) is 11.3 Å². The molecule has 0 aromatic carbocycles. The molecule has 1 rings (SSSR count). The Morgan fingerprint density at radius 2 is 1.89 bits per heavy atom. The van der Waals surface area contributed by atoms with Gasteiger partial charge in [-0.1, -0.05) is 13.8 Å². The number of rotatable bonds is 5. The monoisotopic (exact) mass is 261 g/mol. The minimum absolute atomic E-state index is 0.00713. The van der Waals surface area contributed by atoms with E-state index in [2.05, 4.69) is 33.8 Å². The van der Waals surface area contributed by atoms with Crippen LogP contribution in [0.3, 0.4) is 0 Å². The van der Waals surface area contributed by atoms with E-state index in [0.717, 1.165) is 12.8 Å². The molecular weight excluding hydrogens is 238 g/mol. The van der Waals surface area contributed by atoms with Crippen LogP contribution in [0.25, 0.3) is 0 Å². The van der Waals surface area contributed by atoms with E-state index in [1.54, 1.807) is 23.9 Å². The minimum Gasteiger partial charge on any atom is -0.345 e. The Bertz CT molecular complexity index is 474. The van der Waals surface area contributed by atoms with E-state index in [1.165, 1.54) is 0 Å². The minimum atomic E-state index is 0.00713. The quantitative estimate of drug-likeness (QED) is 0.818. The van der Waals surface area contributed by atoms with Crippen molar-refractivity contribution >= 4 is 5.91 Å². The summed E-state index contributed by atoms with van der Waals surface area (Å²) in [4.78, 5) is 14.6. The predicted molar refractivity (Wildman–Crippen MR) is 75.8 cm³/mol. The van der Waals surface area contributed by atoms with Crippen LogP contribution >= 0.6 is 0 Å². The third-order valence-electron chi connectivity index (χ3n) is 3.72. The molecule has 19 heavy (non-hydrogen) atoms. The first-order valence-electron chi connectivity index (χ1n) is 6.85. The number of aryl methyl sites for hydroxylation is 1. The first-order valence-corrected chi connectivity index (χ1v) is 6.85. The van der Waals surface area contributed by atoms with E-state index in [9.17, 15) is 4.79 Å². The van der Waals surface area contributed by atoms with Gasteiger partial charge in [0, 0.05) is 25.3 Å². The maximum absolute atomic E-state index is 12.7. The standard InChI is InChI=1S/C15H23N3O/c1-6-11(3)18(12(4)7-2)15(19)14-8-13(9-16)10-17(14)5/h8,10-12H,6-7H2,1-5H3/t11-,12+. The first kappa shape index (κ1) is 15.3. The molecule has 1 amide bonds. The zero-order valence-electron chi connectivity index (χ0n) is 12.5. The first-order chi connectivity index (χ1) is 8.96. The van der Waals surface area contributed by atoms with Crippen molar-refractivity contribution in [2.75, 3.05) is 0 Å². The van der Waals surface area contributed by atoms with E-state index in [-0.39, 0.29) is 18.0 Å². The van der Waals surface area contributed by atoms with E-state index >= 15 is 0 Å². The summed E-state index contributed by atoms with van der Waals surface area (Å²) in [7, 11) is 1.81. The van der Waals surface area contributed by atoms with Gasteiger partial charge in [0.1, 0.15) is 11.8 Å². The molecular formula is C15H23N3O. The average molecular weight is 261 g/mol. The molecule has 1 aromatic rings. The largest absolute Gasteiger partial charge is 0.345 e. The highest BCUT2D eigenvalue weighted by Gasteiger charge is 2.26. The van der Waals surface area contributed by atoms with Crippen LogP contribution in [-0.4, -0.2) is 27.5 Å². The van der Waals surface area contributed by atoms with Gasteiger partial charge in [-0.25, -0.2) is 0 Å². The Morgan fingerprint density at radius 1 is 1.37 bits per heavy atom. The van der Waals surface area contributed by atoms with Crippen molar-refractivity contribution in [3.8, 4) is 6.07 Å². The Balaban J connectivity index is 3.12. The van der Waals surface area contributed by atoms with Gasteiger partial charge < -0.3 is 9.47 Å². The zero-order chi connectivity index (χ0) is 14.6. The maximum Gasteiger partial charge on any atom is 0.270 e. The molecule has 0 saturated carbocycles. The molecule has 0 aliphatic carbocycles. The number of hydrogen-bond acceptors (Lipinski definition) is 2. The molecule has 0 saturated heterocycles. The summed E-state index contributed by atoms with van der Waals surface area (Å²) in [5, 5.41) is 8.92. The van der Waals surface area contributed by atoms with Gasteiger partial charge in [0.05, 0.1) is 5.56 Å². The van der Waals surface area contributed by atoms with E-state index in [1.807, 2.05) is 4.90 Å². The van der Waals surface area contributed by atoms with Gasteiger partial charge in [-0.15, -0.1) is 0 Å². The molecule has 0 fully saturated rings. The SMILES string of the molecule is CC[C@@H](C)N(C(=O)c1cc(C#N)cn1C)[C@@H](C)CC. The van der Waals surface area contributed by atoms with Crippen LogP contribution in [0.2, 0.25) is 0 Å². The van der Waals surface area contributed by atoms with Gasteiger partial charge >= 0.3 is 0 Å². The Hall–Kier alpha value is -1.76. The van der Waals surface area contributed by atoms with Crippen molar-refractivity contribution in [1.29, 1.82) is 5.26 Å². The number of carbonyl (C=O) groups excluding carboxylic acids is 1. The van der Waals surface area contributed by atoms with Gasteiger partial charge in [0.2, 0.25) is 0 Å². The lowest BCUT2D eigenvalue weighted by molar-refractivity contribution is 0.0588. The van der Waals surface area contributed by atoms with Crippen molar-refractivity contribution in [3.63, 3.8) is 0 Å². The van der Waals surface area contributed by atoms with E-state index < -0.39 is 0 Å². The molecule has 2 atom stereocenters. The van der Waals surface area contributed by atoms with Gasteiger partial charge in [-0.2, -0.15) is 5.26 Å². The molecule has 1 aromatic heterocycles. The topological polar surface area (TPSA) is 49.0 Å². The highest BCUT2D eigenvalue weighted by Crippen LogP contribution is 2.17. The van der Waals surface area contributed by atoms with Crippen LogP contribution in [-0.2, 0) is 7.05 Å². The number of aromatic nitrogens is 1. The molecule has 0 aliphatic rings. The van der Waals surface area contributed by atoms with Crippen LogP contribution in [0.15, 0.2) is 12.3 Å². The van der Waals surface area contributed by atoms with Crippen molar-refractivity contribution in [2.45, 2.75) is 52.6 Å². The zero-order valence-corrected chi connectivity index (χ0v) is 12.5. The number of nitrogens with zero attached hydrogens (tertiary/aromatic N) is 3. The highest BCUT2D eigenvalue weighted by atomic mass is 16.2. The summed E-state index contributed by atoms with van der Waals surface area (Å²) in [5.41, 5.74) is 1.11. The Kier molecular flexibility index (Phi) is 5.17. The van der Waals surface area contributed by atoms with E-state index in [4.69, 9.17) is 5.26 Å². The fourth-order valence-electron chi connectivity index (χ4n) is 2.20. The lowest BCUT2D eigenvalue weighted by Crippen LogP contribution is -2.44. The van der Waals surface area contributed by atoms with Crippen LogP contribution in [0.4, 0.5) is 0 Å². The van der Waals surface area contributed by atoms with Gasteiger partial charge in [-0.05, 0) is 32.8 Å². The van der Waals surface area contributed by atoms with Crippen molar-refractivity contribution in [2.24, 2.45) is 7.05 Å². The van der Waals surface area contributed by atoms with Crippen LogP contribution in [0.5, 0.6) is 0 Å². The second-order valence-corrected chi connectivity index (χ2v) is 5.06. The molecule has 104 valence electrons. The molecule has 0 unspecified atom stereocenters. The third kappa shape index (κ3) is 3.17. The molecule has 4 heteroatoms. The van der Waals surface area contributed by atoms with Crippen molar-refractivity contribution in [3.05, 3.63) is 23.5 Å². The lowest BCUT2D eigenvalue weighted by Gasteiger charge is -2.34. The summed E-state index contributed by atoms with van der Waals surface area (Å²) in [6.07, 6.45) is 3.54. The molecule has 0 spiro atoms. The Labute approximate surface area is 115 Å². The molecule has 0 radical (unpaired) electrons. The summed E-state index contributed by atoms with van der Waals surface area (Å²) >= 11 is 0. The number of hydrogen-bond donors (Lipinski definition) is 0. The average Bonchev–Trinajstić information content (AvgIpc) is 2.79. The molecule has 0 N–H and O–H groups in total. The lowest BCUT2D eigenvalue weighted by atomic mass is 10.1. The Morgan fingerprint density at radius 3 is 2.26 bits per heavy atom. The molecule has 0 aliphatic heterocycles. The van der Waals surface area contributed by atoms with Crippen LogP contribution in [0, 0.1) is 11.3 Å². The van der Waals surface area contributed by atoms with Gasteiger partial charge in [0.25, 0.3) is 5.91 Å². The second kappa shape index (κ2) is 6.42. The normalized spacial score (nSPS) is 13.7. The molecule has 4 nitrogen and oxygen atoms in total. The summed E-state index contributed by atoms with van der Waals surface area (Å²) < 4.78 is 1.73. The molecule has 0 bridgehead atoms. The predicted octanol–water partition coefficient (Wildman–Crippen LogP) is 2.94. The van der Waals surface area contributed by atoms with Crippen molar-refractivity contribution in [1.82, 2.24) is 9.47 Å². The summed E-state index contributed by atoms with van der Waals surface area (Å²) in [6, 6.07) is 4.14. The smallest absolute Gasteiger partial charge is 0.270 e. The van der Waals surface area contributed by atoms with Gasteiger partial charge in [-0.3, -0.25) is 4.79 Å². The highest BCUT2D eigenvalue weighted by molar-refractivity contribution is 5.93. The number of amides is 1. The fourth-order valence-corrected chi connectivity index (χ4v) is 2.20. The molecule has 1 heterocycles. The summed E-state index contributed by atoms with van der Waals surface area (Å²) in [5.74, 6) is 0.00713. The van der Waals surface area contributed by atoms with Gasteiger partial charge in [0.15, 0.2) is 0 Å². The third-order valence-corrected chi connectivity index (χ3v) is 3.72. The van der Waals surface area contributed by atoms with Crippen LogP contribution in [0.1, 0.15) is 56.6 Å².